The number of para-hydroxylation sites is 1. The highest BCUT2D eigenvalue weighted by molar-refractivity contribution is 6.56. The molecular weight excluding hydrogens is 363 g/mol. The molecule has 1 aliphatic rings. The lowest BCUT2D eigenvalue weighted by Gasteiger charge is -2.32. The Labute approximate surface area is 171 Å². The Morgan fingerprint density at radius 1 is 1.03 bits per heavy atom. The molecule has 3 aromatic rings. The number of hydrogen-bond donors (Lipinski definition) is 2. The summed E-state index contributed by atoms with van der Waals surface area (Å²) in [6, 6.07) is 14.6. The molecule has 6 heteroatoms. The van der Waals surface area contributed by atoms with Crippen molar-refractivity contribution in [2.75, 3.05) is 6.54 Å². The third-order valence-electron chi connectivity index (χ3n) is 5.98. The third kappa shape index (κ3) is 3.70. The van der Waals surface area contributed by atoms with Gasteiger partial charge in [-0.3, -0.25) is 4.79 Å². The number of benzene rings is 2. The van der Waals surface area contributed by atoms with Gasteiger partial charge in [0.15, 0.2) is 0 Å². The van der Waals surface area contributed by atoms with Crippen molar-refractivity contribution >= 4 is 40.9 Å². The second-order valence-corrected chi connectivity index (χ2v) is 8.69. The van der Waals surface area contributed by atoms with Gasteiger partial charge < -0.3 is 19.6 Å². The number of amides is 1. The Hall–Kier alpha value is -2.57. The van der Waals surface area contributed by atoms with Crippen LogP contribution in [0.2, 0.25) is 0 Å². The highest BCUT2D eigenvalue weighted by atomic mass is 16.7. The summed E-state index contributed by atoms with van der Waals surface area (Å²) in [5.41, 5.74) is 3.23. The highest BCUT2D eigenvalue weighted by Crippen LogP contribution is 2.39. The average Bonchev–Trinajstić information content (AvgIpc) is 3.11. The van der Waals surface area contributed by atoms with Crippen LogP contribution in [0.4, 0.5) is 0 Å². The van der Waals surface area contributed by atoms with Crippen LogP contribution in [0.1, 0.15) is 40.2 Å². The van der Waals surface area contributed by atoms with Gasteiger partial charge in [0.2, 0.25) is 5.91 Å². The zero-order chi connectivity index (χ0) is 20.8. The SMILES string of the molecule is CC(=O)NCC(=Cc1ccc2c(c1)[nH]c1ccccc12)B1OC(C)(C)C(C)(C)O1. The summed E-state index contributed by atoms with van der Waals surface area (Å²) in [6.45, 7) is 9.99. The molecule has 4 rings (SSSR count). The molecule has 1 fully saturated rings. The lowest BCUT2D eigenvalue weighted by molar-refractivity contribution is -0.118. The molecular formula is C23H27BN2O3. The Morgan fingerprint density at radius 2 is 1.69 bits per heavy atom. The minimum absolute atomic E-state index is 0.0847. The smallest absolute Gasteiger partial charge is 0.400 e. The molecule has 0 bridgehead atoms. The predicted octanol–water partition coefficient (Wildman–Crippen LogP) is 4.47. The van der Waals surface area contributed by atoms with Crippen LogP contribution < -0.4 is 5.32 Å². The largest absolute Gasteiger partial charge is 0.492 e. The van der Waals surface area contributed by atoms with Crippen molar-refractivity contribution in [1.29, 1.82) is 0 Å². The van der Waals surface area contributed by atoms with Crippen LogP contribution in [0.25, 0.3) is 27.9 Å². The van der Waals surface area contributed by atoms with Crippen LogP contribution >= 0.6 is 0 Å². The molecule has 5 nitrogen and oxygen atoms in total. The Morgan fingerprint density at radius 3 is 2.38 bits per heavy atom. The van der Waals surface area contributed by atoms with Crippen molar-refractivity contribution in [2.45, 2.75) is 45.8 Å². The first-order valence-electron chi connectivity index (χ1n) is 9.97. The quantitative estimate of drug-likeness (QED) is 0.646. The molecule has 1 amide bonds. The first-order chi connectivity index (χ1) is 13.7. The van der Waals surface area contributed by atoms with Crippen LogP contribution in [0.3, 0.4) is 0 Å². The molecule has 29 heavy (non-hydrogen) atoms. The van der Waals surface area contributed by atoms with Gasteiger partial charge in [0.05, 0.1) is 11.2 Å². The molecule has 0 atom stereocenters. The molecule has 2 aromatic carbocycles. The van der Waals surface area contributed by atoms with Gasteiger partial charge in [-0.05, 0) is 50.9 Å². The number of carbonyl (C=O) groups is 1. The third-order valence-corrected chi connectivity index (χ3v) is 5.98. The summed E-state index contributed by atoms with van der Waals surface area (Å²) >= 11 is 0. The number of aromatic amines is 1. The lowest BCUT2D eigenvalue weighted by Crippen LogP contribution is -2.41. The first-order valence-corrected chi connectivity index (χ1v) is 9.97. The van der Waals surface area contributed by atoms with Gasteiger partial charge in [0.1, 0.15) is 0 Å². The van der Waals surface area contributed by atoms with Crippen molar-refractivity contribution in [2.24, 2.45) is 0 Å². The summed E-state index contributed by atoms with van der Waals surface area (Å²) in [5.74, 6) is -0.0847. The average molecular weight is 390 g/mol. The number of H-pyrrole nitrogens is 1. The monoisotopic (exact) mass is 390 g/mol. The van der Waals surface area contributed by atoms with Crippen LogP contribution in [0, 0.1) is 0 Å². The zero-order valence-electron chi connectivity index (χ0n) is 17.6. The van der Waals surface area contributed by atoms with E-state index in [1.165, 1.54) is 17.7 Å². The molecule has 0 aliphatic carbocycles. The van der Waals surface area contributed by atoms with Gasteiger partial charge in [-0.25, -0.2) is 0 Å². The maximum Gasteiger partial charge on any atom is 0.492 e. The second kappa shape index (κ2) is 7.04. The van der Waals surface area contributed by atoms with E-state index in [9.17, 15) is 4.79 Å². The molecule has 2 N–H and O–H groups in total. The molecule has 0 unspecified atom stereocenters. The normalized spacial score (nSPS) is 18.5. The number of fused-ring (bicyclic) bond motifs is 3. The summed E-state index contributed by atoms with van der Waals surface area (Å²) in [6.07, 6.45) is 2.04. The van der Waals surface area contributed by atoms with E-state index in [4.69, 9.17) is 9.31 Å². The molecule has 1 saturated heterocycles. The van der Waals surface area contributed by atoms with E-state index in [1.54, 1.807) is 0 Å². The summed E-state index contributed by atoms with van der Waals surface area (Å²) in [5, 5.41) is 5.28. The van der Waals surface area contributed by atoms with Crippen molar-refractivity contribution in [3.63, 3.8) is 0 Å². The molecule has 1 aromatic heterocycles. The number of hydrogen-bond acceptors (Lipinski definition) is 3. The molecule has 2 heterocycles. The van der Waals surface area contributed by atoms with Crippen molar-refractivity contribution in [3.05, 3.63) is 53.5 Å². The van der Waals surface area contributed by atoms with E-state index in [0.717, 1.165) is 22.1 Å². The second-order valence-electron chi connectivity index (χ2n) is 8.69. The minimum Gasteiger partial charge on any atom is -0.400 e. The molecule has 1 aliphatic heterocycles. The van der Waals surface area contributed by atoms with E-state index in [-0.39, 0.29) is 5.91 Å². The van der Waals surface area contributed by atoms with Gasteiger partial charge in [0, 0.05) is 35.3 Å². The highest BCUT2D eigenvalue weighted by Gasteiger charge is 2.52. The topological polar surface area (TPSA) is 63.4 Å². The van der Waals surface area contributed by atoms with Gasteiger partial charge in [-0.1, -0.05) is 36.4 Å². The van der Waals surface area contributed by atoms with Gasteiger partial charge >= 0.3 is 7.12 Å². The van der Waals surface area contributed by atoms with E-state index in [0.29, 0.717) is 6.54 Å². The van der Waals surface area contributed by atoms with E-state index >= 15 is 0 Å². The summed E-state index contributed by atoms with van der Waals surface area (Å²) < 4.78 is 12.4. The Kier molecular flexibility index (Phi) is 4.79. The molecule has 0 spiro atoms. The van der Waals surface area contributed by atoms with E-state index < -0.39 is 18.3 Å². The number of nitrogens with one attached hydrogen (secondary N) is 2. The molecule has 0 radical (unpaired) electrons. The van der Waals surface area contributed by atoms with Crippen molar-refractivity contribution in [1.82, 2.24) is 10.3 Å². The predicted molar refractivity (Wildman–Crippen MR) is 119 cm³/mol. The maximum absolute atomic E-state index is 11.5. The maximum atomic E-state index is 11.5. The van der Waals surface area contributed by atoms with Crippen molar-refractivity contribution in [3.8, 4) is 0 Å². The summed E-state index contributed by atoms with van der Waals surface area (Å²) in [7, 11) is -0.509. The van der Waals surface area contributed by atoms with Crippen LogP contribution in [-0.4, -0.2) is 35.8 Å². The zero-order valence-corrected chi connectivity index (χ0v) is 17.6. The number of carbonyl (C=O) groups excluding carboxylic acids is 1. The minimum atomic E-state index is -0.509. The standard InChI is InChI=1S/C23H27BN2O3/c1-15(27)25-14-17(24-28-22(2,3)23(4,5)29-24)12-16-10-11-19-18-8-6-7-9-20(18)26-21(19)13-16/h6-13,26H,14H2,1-5H3,(H,25,27). The van der Waals surface area contributed by atoms with Crippen LogP contribution in [0.15, 0.2) is 47.9 Å². The Bertz CT molecular complexity index is 1100. The number of aromatic nitrogens is 1. The van der Waals surface area contributed by atoms with Crippen molar-refractivity contribution < 1.29 is 14.1 Å². The summed E-state index contributed by atoms with van der Waals surface area (Å²) in [4.78, 5) is 15.0. The first kappa shape index (κ1) is 19.7. The Balaban J connectivity index is 1.72. The van der Waals surface area contributed by atoms with Gasteiger partial charge in [-0.15, -0.1) is 0 Å². The van der Waals surface area contributed by atoms with Gasteiger partial charge in [0.25, 0.3) is 0 Å². The molecule has 150 valence electrons. The van der Waals surface area contributed by atoms with Gasteiger partial charge in [-0.2, -0.15) is 0 Å². The van der Waals surface area contributed by atoms with Crippen LogP contribution in [0.5, 0.6) is 0 Å². The van der Waals surface area contributed by atoms with E-state index in [1.807, 2.05) is 45.9 Å². The fourth-order valence-electron chi connectivity index (χ4n) is 3.60. The van der Waals surface area contributed by atoms with Crippen LogP contribution in [-0.2, 0) is 14.1 Å². The molecule has 0 saturated carbocycles. The fourth-order valence-corrected chi connectivity index (χ4v) is 3.60. The number of rotatable bonds is 4. The fraction of sp³-hybridized carbons (Fsp3) is 0.348. The lowest BCUT2D eigenvalue weighted by atomic mass is 9.77. The van der Waals surface area contributed by atoms with E-state index in [2.05, 4.69) is 40.6 Å².